The number of nitrogens with one attached hydrogen (secondary N) is 4. The van der Waals surface area contributed by atoms with Crippen molar-refractivity contribution >= 4 is 24.0 Å². The molecule has 0 bridgehead atoms. The number of methoxy groups -OCH3 is 2. The molecule has 4 N–H and O–H groups in total. The third-order valence-electron chi connectivity index (χ3n) is 15.3. The number of carbonyl (C=O) groups is 4. The summed E-state index contributed by atoms with van der Waals surface area (Å²) in [6, 6.07) is 22.9. The molecule has 0 unspecified atom stereocenters. The highest BCUT2D eigenvalue weighted by molar-refractivity contribution is 5.90. The van der Waals surface area contributed by atoms with Crippen molar-refractivity contribution in [3.63, 3.8) is 0 Å². The highest BCUT2D eigenvalue weighted by Crippen LogP contribution is 2.51. The summed E-state index contributed by atoms with van der Waals surface area (Å²) in [4.78, 5) is 74.6. The molecule has 2 aromatic heterocycles. The summed E-state index contributed by atoms with van der Waals surface area (Å²) >= 11 is 0. The minimum absolute atomic E-state index is 0.0845. The molecule has 71 heavy (non-hydrogen) atoms. The van der Waals surface area contributed by atoms with Crippen molar-refractivity contribution in [2.45, 2.75) is 121 Å². The van der Waals surface area contributed by atoms with Gasteiger partial charge in [-0.05, 0) is 99.2 Å². The van der Waals surface area contributed by atoms with Crippen molar-refractivity contribution in [3.8, 4) is 45.1 Å². The van der Waals surface area contributed by atoms with Gasteiger partial charge in [-0.1, -0.05) is 67.4 Å². The molecule has 1 saturated carbocycles. The average molecular weight is 959 g/mol. The van der Waals surface area contributed by atoms with E-state index in [2.05, 4.69) is 44.9 Å². The van der Waals surface area contributed by atoms with E-state index in [1.54, 1.807) is 6.20 Å². The minimum Gasteiger partial charge on any atom is -0.488 e. The van der Waals surface area contributed by atoms with Crippen LogP contribution in [-0.4, -0.2) is 80.0 Å². The number of H-pyrrole nitrogens is 2. The third-order valence-corrected chi connectivity index (χ3v) is 15.3. The monoisotopic (exact) mass is 958 g/mol. The van der Waals surface area contributed by atoms with Gasteiger partial charge in [-0.15, -0.1) is 0 Å². The van der Waals surface area contributed by atoms with Crippen molar-refractivity contribution in [2.75, 3.05) is 14.2 Å². The standard InChI is InChI=1S/C55H58N8O8/c1-30-17-19-42(62(30)52(64)48(60-54(66)68-3)33-13-6-5-7-14-33)50-56-26-40(58-50)36-22-38-28-71-45-25-37(23-39-29-70-44(24-36)46(38)47(39)45)41-27-57-51(59-41)43-20-18-31(2)63(43)53(65)49(61-55(67)69-4)35-16-10-15-34(21-35)32-11-8-9-12-32/h5-7,10,13-16,21-27,30-32,42-43,48-49H,8-9,11-12,17-20,28-29H2,1-4H3,(H,56,58)(H,57,59)(H,60,66)(H,61,67)/t30-,31-,42-,43-,48+,49+/m0/s1. The fraction of sp³-hybridized carbons (Fsp3) is 0.382. The quantitative estimate of drug-likeness (QED) is 0.0972. The number of amides is 4. The van der Waals surface area contributed by atoms with Gasteiger partial charge >= 0.3 is 12.2 Å². The number of rotatable bonds is 11. The molecule has 5 aliphatic rings. The van der Waals surface area contributed by atoms with E-state index in [0.717, 1.165) is 87.5 Å². The van der Waals surface area contributed by atoms with Crippen molar-refractivity contribution in [1.29, 1.82) is 0 Å². The first-order valence-corrected chi connectivity index (χ1v) is 24.7. The van der Waals surface area contributed by atoms with E-state index in [-0.39, 0.29) is 36.0 Å². The number of benzene rings is 4. The van der Waals surface area contributed by atoms with Crippen molar-refractivity contribution in [1.82, 2.24) is 40.4 Å². The number of imidazole rings is 2. The van der Waals surface area contributed by atoms with Crippen LogP contribution >= 0.6 is 0 Å². The van der Waals surface area contributed by atoms with Crippen LogP contribution in [0.3, 0.4) is 0 Å². The summed E-state index contributed by atoms with van der Waals surface area (Å²) in [5.74, 6) is 2.85. The van der Waals surface area contributed by atoms with Crippen molar-refractivity contribution < 1.29 is 38.1 Å². The largest absolute Gasteiger partial charge is 0.488 e. The number of nitrogens with zero attached hydrogens (tertiary/aromatic N) is 4. The molecule has 6 heterocycles. The zero-order valence-corrected chi connectivity index (χ0v) is 40.3. The lowest BCUT2D eigenvalue weighted by molar-refractivity contribution is -0.137. The van der Waals surface area contributed by atoms with Crippen molar-refractivity contribution in [2.24, 2.45) is 0 Å². The Morgan fingerprint density at radius 1 is 0.620 bits per heavy atom. The number of alkyl carbamates (subject to hydrolysis) is 2. The van der Waals surface area contributed by atoms with Crippen LogP contribution in [0.1, 0.15) is 135 Å². The van der Waals surface area contributed by atoms with Crippen LogP contribution in [0.2, 0.25) is 0 Å². The lowest BCUT2D eigenvalue weighted by Gasteiger charge is -2.32. The molecule has 6 atom stereocenters. The van der Waals surface area contributed by atoms with Crippen molar-refractivity contribution in [3.05, 3.63) is 131 Å². The number of likely N-dealkylation sites (tertiary alicyclic amines) is 2. The van der Waals surface area contributed by atoms with E-state index in [1.165, 1.54) is 32.6 Å². The number of aromatic nitrogens is 4. The van der Waals surface area contributed by atoms with Crippen LogP contribution in [0.5, 0.6) is 11.5 Å². The molecule has 11 rings (SSSR count). The predicted octanol–water partition coefficient (Wildman–Crippen LogP) is 9.87. The van der Waals surface area contributed by atoms with Gasteiger partial charge in [0.1, 0.15) is 48.4 Å². The molecular formula is C55H58N8O8. The lowest BCUT2D eigenvalue weighted by Crippen LogP contribution is -2.45. The number of hydrogen-bond acceptors (Lipinski definition) is 10. The Morgan fingerprint density at radius 3 is 1.62 bits per heavy atom. The summed E-state index contributed by atoms with van der Waals surface area (Å²) in [6.07, 6.45) is 9.87. The van der Waals surface area contributed by atoms with Crippen LogP contribution < -0.4 is 20.1 Å². The van der Waals surface area contributed by atoms with Gasteiger partial charge in [0, 0.05) is 45.5 Å². The van der Waals surface area contributed by atoms with Gasteiger partial charge in [0.05, 0.1) is 50.1 Å². The molecule has 4 aliphatic heterocycles. The second kappa shape index (κ2) is 18.9. The summed E-state index contributed by atoms with van der Waals surface area (Å²) < 4.78 is 23.0. The van der Waals surface area contributed by atoms with E-state index in [0.29, 0.717) is 49.2 Å². The van der Waals surface area contributed by atoms with Gasteiger partial charge in [-0.2, -0.15) is 0 Å². The van der Waals surface area contributed by atoms with Crippen LogP contribution in [-0.2, 0) is 32.3 Å². The number of carbonyl (C=O) groups excluding carboxylic acids is 4. The smallest absolute Gasteiger partial charge is 0.407 e. The normalized spacial score (nSPS) is 20.9. The second-order valence-corrected chi connectivity index (χ2v) is 19.5. The average Bonchev–Trinajstić information content (AvgIpc) is 4.27. The molecule has 4 amide bonds. The molecular weight excluding hydrogens is 901 g/mol. The zero-order chi connectivity index (χ0) is 48.9. The van der Waals surface area contributed by atoms with Crippen LogP contribution in [0.4, 0.5) is 9.59 Å². The fourth-order valence-electron chi connectivity index (χ4n) is 11.7. The fourth-order valence-corrected chi connectivity index (χ4v) is 11.7. The Hall–Kier alpha value is -7.62. The number of hydrogen-bond donors (Lipinski definition) is 4. The summed E-state index contributed by atoms with van der Waals surface area (Å²) in [5, 5.41) is 5.61. The highest BCUT2D eigenvalue weighted by atomic mass is 16.5. The van der Waals surface area contributed by atoms with E-state index in [9.17, 15) is 19.2 Å². The lowest BCUT2D eigenvalue weighted by atomic mass is 9.87. The molecule has 16 nitrogen and oxygen atoms in total. The predicted molar refractivity (Wildman–Crippen MR) is 263 cm³/mol. The summed E-state index contributed by atoms with van der Waals surface area (Å²) in [7, 11) is 2.59. The topological polar surface area (TPSA) is 193 Å². The maximum absolute atomic E-state index is 14.7. The molecule has 4 aromatic carbocycles. The summed E-state index contributed by atoms with van der Waals surface area (Å²) in [5.41, 5.74) is 9.90. The molecule has 1 aliphatic carbocycles. The van der Waals surface area contributed by atoms with Crippen LogP contribution in [0, 0.1) is 0 Å². The Kier molecular flexibility index (Phi) is 12.2. The minimum atomic E-state index is -0.927. The van der Waals surface area contributed by atoms with Gasteiger partial charge in [-0.25, -0.2) is 19.6 Å². The zero-order valence-electron chi connectivity index (χ0n) is 40.3. The SMILES string of the molecule is COC(=O)N[C@@H](C(=O)N1[C@@H](C)CC[C@H]1c1ncc(-c2cc3c4c(c2)OCc2cc(-c5cnc([C@@H]6CC[C@H](C)N6C(=O)[C@H](NC(=O)OC)c6cccc(C7CCCC7)c6)[nH]5)cc(c2-4)OC3)[nH]1)c1ccccc1. The first-order valence-electron chi connectivity index (χ1n) is 24.7. The van der Waals surface area contributed by atoms with Gasteiger partial charge in [-0.3, -0.25) is 9.59 Å². The first kappa shape index (κ1) is 45.8. The van der Waals surface area contributed by atoms with E-state index >= 15 is 0 Å². The van der Waals surface area contributed by atoms with Gasteiger partial charge in [0.2, 0.25) is 0 Å². The molecule has 3 fully saturated rings. The molecule has 16 heteroatoms. The number of ether oxygens (including phenoxy) is 4. The molecule has 2 saturated heterocycles. The van der Waals surface area contributed by atoms with Gasteiger partial charge in [0.15, 0.2) is 0 Å². The molecule has 366 valence electrons. The van der Waals surface area contributed by atoms with E-state index in [1.807, 2.05) is 84.4 Å². The Labute approximate surface area is 411 Å². The first-order chi connectivity index (χ1) is 34.6. The van der Waals surface area contributed by atoms with Gasteiger partial charge < -0.3 is 49.3 Å². The maximum Gasteiger partial charge on any atom is 0.407 e. The Morgan fingerprint density at radius 2 is 1.11 bits per heavy atom. The highest BCUT2D eigenvalue weighted by Gasteiger charge is 2.43. The molecule has 0 radical (unpaired) electrons. The summed E-state index contributed by atoms with van der Waals surface area (Å²) in [6.45, 7) is 4.71. The maximum atomic E-state index is 14.7. The Balaban J connectivity index is 0.832. The molecule has 0 spiro atoms. The molecule has 6 aromatic rings. The van der Waals surface area contributed by atoms with Gasteiger partial charge in [0.25, 0.3) is 11.8 Å². The third kappa shape index (κ3) is 8.52. The van der Waals surface area contributed by atoms with E-state index in [4.69, 9.17) is 28.9 Å². The Bertz CT molecular complexity index is 2970. The van der Waals surface area contributed by atoms with E-state index < -0.39 is 24.3 Å². The van der Waals surface area contributed by atoms with Crippen LogP contribution in [0.25, 0.3) is 33.6 Å². The van der Waals surface area contributed by atoms with Crippen LogP contribution in [0.15, 0.2) is 91.3 Å². The second-order valence-electron chi connectivity index (χ2n) is 19.5. The number of aromatic amines is 2.